The van der Waals surface area contributed by atoms with Crippen LogP contribution in [0.4, 0.5) is 5.69 Å². The van der Waals surface area contributed by atoms with Crippen LogP contribution in [0, 0.1) is 19.8 Å². The van der Waals surface area contributed by atoms with Crippen LogP contribution in [-0.2, 0) is 4.79 Å². The number of anilines is 1. The highest BCUT2D eigenvalue weighted by atomic mass is 32.2. The minimum Gasteiger partial charge on any atom is -0.326 e. The van der Waals surface area contributed by atoms with Gasteiger partial charge in [-0.05, 0) is 68.3 Å². The van der Waals surface area contributed by atoms with E-state index in [1.54, 1.807) is 0 Å². The van der Waals surface area contributed by atoms with Gasteiger partial charge in [-0.3, -0.25) is 4.79 Å². The summed E-state index contributed by atoms with van der Waals surface area (Å²) in [6.07, 6.45) is 1.47. The van der Waals surface area contributed by atoms with Crippen LogP contribution in [0.2, 0.25) is 0 Å². The minimum absolute atomic E-state index is 0.0664. The Morgan fingerprint density at radius 3 is 2.30 bits per heavy atom. The molecule has 2 rings (SSSR count). The summed E-state index contributed by atoms with van der Waals surface area (Å²) in [6.45, 7) is 8.17. The molecule has 0 saturated carbocycles. The molecule has 0 aliphatic heterocycles. The Labute approximate surface area is 142 Å². The number of aromatic nitrogens is 2. The van der Waals surface area contributed by atoms with E-state index in [1.807, 2.05) is 44.2 Å². The minimum atomic E-state index is 0.0664. The zero-order valence-corrected chi connectivity index (χ0v) is 14.9. The smallest absolute Gasteiger partial charge is 0.224 e. The van der Waals surface area contributed by atoms with E-state index >= 15 is 0 Å². The van der Waals surface area contributed by atoms with Crippen LogP contribution in [0.1, 0.15) is 38.1 Å². The molecule has 0 unspecified atom stereocenters. The zero-order valence-electron chi connectivity index (χ0n) is 14.1. The number of nitrogens with zero attached hydrogens (tertiary/aromatic N) is 2. The molecule has 122 valence electrons. The van der Waals surface area contributed by atoms with Gasteiger partial charge in [0.05, 0.1) is 0 Å². The summed E-state index contributed by atoms with van der Waals surface area (Å²) in [6, 6.07) is 9.74. The van der Waals surface area contributed by atoms with E-state index in [4.69, 9.17) is 0 Å². The van der Waals surface area contributed by atoms with Gasteiger partial charge in [0.15, 0.2) is 5.16 Å². The summed E-state index contributed by atoms with van der Waals surface area (Å²) >= 11 is 1.52. The van der Waals surface area contributed by atoms with Crippen molar-refractivity contribution in [3.05, 3.63) is 41.7 Å². The molecule has 0 bridgehead atoms. The summed E-state index contributed by atoms with van der Waals surface area (Å²) in [5.74, 6) is 0.606. The number of carbonyl (C=O) groups is 1. The molecule has 0 atom stereocenters. The third-order valence-electron chi connectivity index (χ3n) is 3.26. The highest BCUT2D eigenvalue weighted by Gasteiger charge is 2.06. The van der Waals surface area contributed by atoms with Gasteiger partial charge < -0.3 is 5.32 Å². The van der Waals surface area contributed by atoms with Crippen LogP contribution in [0.25, 0.3) is 0 Å². The second-order valence-corrected chi connectivity index (χ2v) is 7.08. The zero-order chi connectivity index (χ0) is 16.8. The predicted octanol–water partition coefficient (Wildman–Crippen LogP) is 4.62. The highest BCUT2D eigenvalue weighted by molar-refractivity contribution is 7.99. The van der Waals surface area contributed by atoms with Crippen molar-refractivity contribution < 1.29 is 4.79 Å². The van der Waals surface area contributed by atoms with Crippen LogP contribution in [0.3, 0.4) is 0 Å². The monoisotopic (exact) mass is 329 g/mol. The highest BCUT2D eigenvalue weighted by Crippen LogP contribution is 2.26. The normalized spacial score (nSPS) is 10.8. The molecule has 2 aromatic rings. The molecular formula is C18H23N3OS. The molecule has 1 amide bonds. The average Bonchev–Trinajstić information content (AvgIpc) is 2.46. The number of carbonyl (C=O) groups excluding carboxylic acids is 1. The predicted molar refractivity (Wildman–Crippen MR) is 94.8 cm³/mol. The Bertz CT molecular complexity index is 648. The molecule has 1 N–H and O–H groups in total. The van der Waals surface area contributed by atoms with Crippen LogP contribution >= 0.6 is 11.8 Å². The fourth-order valence-electron chi connectivity index (χ4n) is 2.09. The maximum absolute atomic E-state index is 11.8. The van der Waals surface area contributed by atoms with E-state index in [0.29, 0.717) is 12.3 Å². The fraction of sp³-hybridized carbons (Fsp3) is 0.389. The van der Waals surface area contributed by atoms with Gasteiger partial charge in [0.1, 0.15) is 0 Å². The molecule has 4 nitrogen and oxygen atoms in total. The summed E-state index contributed by atoms with van der Waals surface area (Å²) in [4.78, 5) is 21.7. The molecule has 0 aliphatic carbocycles. The lowest BCUT2D eigenvalue weighted by Crippen LogP contribution is -2.11. The van der Waals surface area contributed by atoms with Gasteiger partial charge in [0.25, 0.3) is 0 Å². The SMILES string of the molecule is Cc1cc(C)nc(Sc2ccc(NC(=O)CCC(C)C)cc2)n1. The van der Waals surface area contributed by atoms with E-state index in [2.05, 4.69) is 29.1 Å². The summed E-state index contributed by atoms with van der Waals surface area (Å²) in [5, 5.41) is 3.67. The van der Waals surface area contributed by atoms with Crippen LogP contribution < -0.4 is 5.32 Å². The maximum Gasteiger partial charge on any atom is 0.224 e. The van der Waals surface area contributed by atoms with E-state index in [0.717, 1.165) is 33.5 Å². The Morgan fingerprint density at radius 2 is 1.74 bits per heavy atom. The molecule has 0 saturated heterocycles. The Kier molecular flexibility index (Phi) is 6.16. The number of amides is 1. The van der Waals surface area contributed by atoms with Gasteiger partial charge in [-0.1, -0.05) is 13.8 Å². The second-order valence-electron chi connectivity index (χ2n) is 6.04. The third-order valence-corrected chi connectivity index (χ3v) is 4.13. The lowest BCUT2D eigenvalue weighted by molar-refractivity contribution is -0.116. The molecule has 0 fully saturated rings. The summed E-state index contributed by atoms with van der Waals surface area (Å²) in [5.41, 5.74) is 2.76. The number of rotatable bonds is 6. The Hall–Kier alpha value is -1.88. The molecule has 0 aliphatic rings. The average molecular weight is 329 g/mol. The third kappa shape index (κ3) is 6.02. The maximum atomic E-state index is 11.8. The lowest BCUT2D eigenvalue weighted by Gasteiger charge is -2.08. The lowest BCUT2D eigenvalue weighted by atomic mass is 10.1. The topological polar surface area (TPSA) is 54.9 Å². The van der Waals surface area contributed by atoms with Crippen molar-refractivity contribution in [1.82, 2.24) is 9.97 Å². The van der Waals surface area contributed by atoms with Crippen molar-refractivity contribution in [2.75, 3.05) is 5.32 Å². The van der Waals surface area contributed by atoms with Gasteiger partial charge in [-0.15, -0.1) is 0 Å². The van der Waals surface area contributed by atoms with Crippen molar-refractivity contribution in [3.8, 4) is 0 Å². The van der Waals surface area contributed by atoms with Crippen molar-refractivity contribution in [1.29, 1.82) is 0 Å². The van der Waals surface area contributed by atoms with Crippen molar-refractivity contribution in [3.63, 3.8) is 0 Å². The fourth-order valence-corrected chi connectivity index (χ4v) is 2.96. The molecule has 5 heteroatoms. The molecule has 23 heavy (non-hydrogen) atoms. The van der Waals surface area contributed by atoms with Crippen molar-refractivity contribution in [2.45, 2.75) is 50.6 Å². The van der Waals surface area contributed by atoms with Crippen LogP contribution in [0.5, 0.6) is 0 Å². The van der Waals surface area contributed by atoms with Gasteiger partial charge in [-0.25, -0.2) is 9.97 Å². The molecule has 1 heterocycles. The largest absolute Gasteiger partial charge is 0.326 e. The molecule has 1 aromatic heterocycles. The quantitative estimate of drug-likeness (QED) is 0.786. The molecule has 0 spiro atoms. The molecule has 0 radical (unpaired) electrons. The van der Waals surface area contributed by atoms with Crippen LogP contribution in [-0.4, -0.2) is 15.9 Å². The first kappa shape index (κ1) is 17.5. The van der Waals surface area contributed by atoms with E-state index in [1.165, 1.54) is 11.8 Å². The number of nitrogens with one attached hydrogen (secondary N) is 1. The first-order chi connectivity index (χ1) is 10.9. The molecular weight excluding hydrogens is 306 g/mol. The van der Waals surface area contributed by atoms with Gasteiger partial charge >= 0.3 is 0 Å². The summed E-state index contributed by atoms with van der Waals surface area (Å²) < 4.78 is 0. The summed E-state index contributed by atoms with van der Waals surface area (Å²) in [7, 11) is 0. The van der Waals surface area contributed by atoms with Crippen LogP contribution in [0.15, 0.2) is 40.4 Å². The molecule has 1 aromatic carbocycles. The van der Waals surface area contributed by atoms with Gasteiger partial charge in [-0.2, -0.15) is 0 Å². The Balaban J connectivity index is 1.95. The second kappa shape index (κ2) is 8.11. The van der Waals surface area contributed by atoms with Crippen molar-refractivity contribution >= 4 is 23.4 Å². The van der Waals surface area contributed by atoms with Crippen molar-refractivity contribution in [2.24, 2.45) is 5.92 Å². The van der Waals surface area contributed by atoms with Gasteiger partial charge in [0, 0.05) is 28.4 Å². The Morgan fingerprint density at radius 1 is 1.13 bits per heavy atom. The number of hydrogen-bond acceptors (Lipinski definition) is 4. The first-order valence-corrected chi connectivity index (χ1v) is 8.64. The number of benzene rings is 1. The van der Waals surface area contributed by atoms with E-state index in [-0.39, 0.29) is 5.91 Å². The van der Waals surface area contributed by atoms with E-state index < -0.39 is 0 Å². The first-order valence-electron chi connectivity index (χ1n) is 7.82. The number of aryl methyl sites for hydroxylation is 2. The van der Waals surface area contributed by atoms with E-state index in [9.17, 15) is 4.79 Å². The standard InChI is InChI=1S/C18H23N3OS/c1-12(2)5-10-17(22)21-15-6-8-16(9-7-15)23-18-19-13(3)11-14(4)20-18/h6-9,11-12H,5,10H2,1-4H3,(H,21,22). The van der Waals surface area contributed by atoms with Gasteiger partial charge in [0.2, 0.25) is 5.91 Å². The number of hydrogen-bond donors (Lipinski definition) is 1.